The highest BCUT2D eigenvalue weighted by Gasteiger charge is 2.13. The number of hydrogen-bond acceptors (Lipinski definition) is 5. The van der Waals surface area contributed by atoms with Crippen molar-refractivity contribution in [1.82, 2.24) is 0 Å². The van der Waals surface area contributed by atoms with Gasteiger partial charge >= 0.3 is 0 Å². The Hall–Kier alpha value is -2.47. The molecule has 1 aliphatic heterocycles. The number of nitrogens with zero attached hydrogens (tertiary/aromatic N) is 1. The Morgan fingerprint density at radius 2 is 2.00 bits per heavy atom. The van der Waals surface area contributed by atoms with E-state index in [0.29, 0.717) is 23.0 Å². The van der Waals surface area contributed by atoms with Gasteiger partial charge in [-0.25, -0.2) is 0 Å². The molecule has 3 rings (SSSR count). The Labute approximate surface area is 125 Å². The zero-order chi connectivity index (χ0) is 14.8. The van der Waals surface area contributed by atoms with Gasteiger partial charge in [-0.05, 0) is 23.8 Å². The van der Waals surface area contributed by atoms with Crippen LogP contribution in [0.1, 0.15) is 5.56 Å². The van der Waals surface area contributed by atoms with Crippen LogP contribution in [0.4, 0.5) is 11.4 Å². The lowest BCUT2D eigenvalue weighted by Gasteiger charge is -2.09. The molecule has 1 heterocycles. The summed E-state index contributed by atoms with van der Waals surface area (Å²) in [6.45, 7) is 0.758. The van der Waals surface area contributed by atoms with E-state index >= 15 is 0 Å². The summed E-state index contributed by atoms with van der Waals surface area (Å²) in [6, 6.07) is 9.97. The Morgan fingerprint density at radius 1 is 1.19 bits per heavy atom. The number of nitro groups is 1. The summed E-state index contributed by atoms with van der Waals surface area (Å²) in [5, 5.41) is 14.1. The summed E-state index contributed by atoms with van der Waals surface area (Å²) in [4.78, 5) is 10.2. The number of fused-ring (bicyclic) bond motifs is 1. The topological polar surface area (TPSA) is 73.6 Å². The largest absolute Gasteiger partial charge is 0.454 e. The first-order chi connectivity index (χ1) is 10.1. The van der Waals surface area contributed by atoms with Crippen molar-refractivity contribution in [1.29, 1.82) is 0 Å². The lowest BCUT2D eigenvalue weighted by atomic mass is 10.2. The molecule has 0 spiro atoms. The van der Waals surface area contributed by atoms with E-state index in [1.165, 1.54) is 12.1 Å². The highest BCUT2D eigenvalue weighted by atomic mass is 35.5. The minimum atomic E-state index is -0.479. The van der Waals surface area contributed by atoms with E-state index in [9.17, 15) is 10.1 Å². The molecule has 2 aromatic carbocycles. The van der Waals surface area contributed by atoms with Crippen molar-refractivity contribution >= 4 is 23.0 Å². The van der Waals surface area contributed by atoms with E-state index in [-0.39, 0.29) is 12.5 Å². The van der Waals surface area contributed by atoms with Gasteiger partial charge in [-0.2, -0.15) is 0 Å². The van der Waals surface area contributed by atoms with Gasteiger partial charge in [-0.1, -0.05) is 17.7 Å². The summed E-state index contributed by atoms with van der Waals surface area (Å²) in [7, 11) is 0. The maximum atomic E-state index is 10.7. The molecular weight excluding hydrogens is 296 g/mol. The molecule has 0 saturated carbocycles. The van der Waals surface area contributed by atoms with Gasteiger partial charge in [-0.3, -0.25) is 10.1 Å². The molecule has 1 N–H and O–H groups in total. The van der Waals surface area contributed by atoms with Gasteiger partial charge in [0.05, 0.1) is 15.6 Å². The third-order valence-electron chi connectivity index (χ3n) is 3.08. The molecular formula is C14H11ClN2O4. The number of halogens is 1. The second-order valence-electron chi connectivity index (χ2n) is 4.46. The highest BCUT2D eigenvalue weighted by Crippen LogP contribution is 2.33. The van der Waals surface area contributed by atoms with Gasteiger partial charge < -0.3 is 14.8 Å². The summed E-state index contributed by atoms with van der Waals surface area (Å²) < 4.78 is 10.5. The number of anilines is 1. The second kappa shape index (κ2) is 5.49. The van der Waals surface area contributed by atoms with E-state index in [1.54, 1.807) is 6.07 Å². The van der Waals surface area contributed by atoms with E-state index in [0.717, 1.165) is 11.3 Å². The van der Waals surface area contributed by atoms with Gasteiger partial charge in [0.15, 0.2) is 11.5 Å². The van der Waals surface area contributed by atoms with Gasteiger partial charge in [0.2, 0.25) is 6.79 Å². The fourth-order valence-corrected chi connectivity index (χ4v) is 2.25. The number of hydrogen-bond donors (Lipinski definition) is 1. The van der Waals surface area contributed by atoms with Crippen molar-refractivity contribution < 1.29 is 14.4 Å². The fraction of sp³-hybridized carbons (Fsp3) is 0.143. The quantitative estimate of drug-likeness (QED) is 0.690. The van der Waals surface area contributed by atoms with Crippen LogP contribution in [0.3, 0.4) is 0 Å². The number of nitro benzene ring substituents is 1. The summed E-state index contributed by atoms with van der Waals surface area (Å²) in [5.41, 5.74) is 1.60. The molecule has 0 aromatic heterocycles. The third-order valence-corrected chi connectivity index (χ3v) is 3.40. The number of rotatable bonds is 4. The Balaban J connectivity index is 1.71. The first-order valence-electron chi connectivity index (χ1n) is 6.20. The molecule has 0 radical (unpaired) electrons. The zero-order valence-corrected chi connectivity index (χ0v) is 11.6. The molecule has 1 aliphatic rings. The summed E-state index contributed by atoms with van der Waals surface area (Å²) in [6.07, 6.45) is 0. The number of benzene rings is 2. The maximum Gasteiger partial charge on any atom is 0.271 e. The van der Waals surface area contributed by atoms with Gasteiger partial charge in [0, 0.05) is 18.7 Å². The van der Waals surface area contributed by atoms with Crippen LogP contribution < -0.4 is 14.8 Å². The normalized spacial score (nSPS) is 12.2. The Morgan fingerprint density at radius 3 is 2.76 bits per heavy atom. The molecule has 7 heteroatoms. The molecule has 21 heavy (non-hydrogen) atoms. The maximum absolute atomic E-state index is 10.7. The summed E-state index contributed by atoms with van der Waals surface area (Å²) >= 11 is 6.02. The molecule has 0 fully saturated rings. The molecule has 0 unspecified atom stereocenters. The first-order valence-corrected chi connectivity index (χ1v) is 6.57. The molecule has 0 atom stereocenters. The van der Waals surface area contributed by atoms with Crippen LogP contribution in [-0.4, -0.2) is 11.7 Å². The van der Waals surface area contributed by atoms with Crippen LogP contribution in [0.15, 0.2) is 36.4 Å². The van der Waals surface area contributed by atoms with Crippen molar-refractivity contribution in [2.45, 2.75) is 6.54 Å². The van der Waals surface area contributed by atoms with E-state index in [1.807, 2.05) is 18.2 Å². The molecule has 0 aliphatic carbocycles. The molecule has 0 amide bonds. The van der Waals surface area contributed by atoms with Gasteiger partial charge in [0.25, 0.3) is 5.69 Å². The first kappa shape index (κ1) is 13.5. The van der Waals surface area contributed by atoms with E-state index in [4.69, 9.17) is 21.1 Å². The standard InChI is InChI=1S/C14H11ClN2O4/c15-11-6-10(17(18)19)2-3-12(11)16-7-9-1-4-13-14(5-9)21-8-20-13/h1-6,16H,7-8H2. The smallest absolute Gasteiger partial charge is 0.271 e. The number of nitrogens with one attached hydrogen (secondary N) is 1. The van der Waals surface area contributed by atoms with Gasteiger partial charge in [0.1, 0.15) is 0 Å². The monoisotopic (exact) mass is 306 g/mol. The van der Waals surface area contributed by atoms with E-state index < -0.39 is 4.92 Å². The predicted octanol–water partition coefficient (Wildman–Crippen LogP) is 3.59. The predicted molar refractivity (Wildman–Crippen MR) is 78.0 cm³/mol. The lowest BCUT2D eigenvalue weighted by Crippen LogP contribution is -2.00. The van der Waals surface area contributed by atoms with Crippen LogP contribution in [0.2, 0.25) is 5.02 Å². The second-order valence-corrected chi connectivity index (χ2v) is 4.87. The lowest BCUT2D eigenvalue weighted by molar-refractivity contribution is -0.384. The zero-order valence-electron chi connectivity index (χ0n) is 10.8. The number of non-ortho nitro benzene ring substituents is 1. The fourth-order valence-electron chi connectivity index (χ4n) is 2.01. The van der Waals surface area contributed by atoms with Crippen LogP contribution in [-0.2, 0) is 6.54 Å². The van der Waals surface area contributed by atoms with Crippen molar-refractivity contribution in [3.63, 3.8) is 0 Å². The number of ether oxygens (including phenoxy) is 2. The van der Waals surface area contributed by atoms with Crippen molar-refractivity contribution in [2.75, 3.05) is 12.1 Å². The van der Waals surface area contributed by atoms with Crippen LogP contribution in [0, 0.1) is 10.1 Å². The summed E-state index contributed by atoms with van der Waals surface area (Å²) in [5.74, 6) is 1.44. The van der Waals surface area contributed by atoms with Crippen molar-refractivity contribution in [2.24, 2.45) is 0 Å². The minimum absolute atomic E-state index is 0.0337. The Kier molecular flexibility index (Phi) is 3.53. The minimum Gasteiger partial charge on any atom is -0.454 e. The van der Waals surface area contributed by atoms with Crippen molar-refractivity contribution in [3.05, 3.63) is 57.1 Å². The van der Waals surface area contributed by atoms with Crippen molar-refractivity contribution in [3.8, 4) is 11.5 Å². The van der Waals surface area contributed by atoms with Crippen LogP contribution >= 0.6 is 11.6 Å². The molecule has 6 nitrogen and oxygen atoms in total. The molecule has 108 valence electrons. The average molecular weight is 307 g/mol. The van der Waals surface area contributed by atoms with E-state index in [2.05, 4.69) is 5.32 Å². The third kappa shape index (κ3) is 2.85. The molecule has 0 saturated heterocycles. The Bertz CT molecular complexity index is 705. The molecule has 2 aromatic rings. The van der Waals surface area contributed by atoms with Crippen LogP contribution in [0.5, 0.6) is 11.5 Å². The SMILES string of the molecule is O=[N+]([O-])c1ccc(NCc2ccc3c(c2)OCO3)c(Cl)c1. The molecule has 0 bridgehead atoms. The van der Waals surface area contributed by atoms with Gasteiger partial charge in [-0.15, -0.1) is 0 Å². The highest BCUT2D eigenvalue weighted by molar-refractivity contribution is 6.33. The average Bonchev–Trinajstić information content (AvgIpc) is 2.93. The van der Waals surface area contributed by atoms with Crippen LogP contribution in [0.25, 0.3) is 0 Å².